The third-order valence-electron chi connectivity index (χ3n) is 12.1. The molecule has 0 spiro atoms. The zero-order valence-electron chi connectivity index (χ0n) is 43.0. The SMILES string of the molecule is CC/C=C\C/C=C\C/C=C\C/C=C\C/C=C\CC(=O)OC(COC(=O)CCCCCCCCCCCCC)COC(=O)CCCCCCCCCCCCCCCCCCCCCCC. The van der Waals surface area contributed by atoms with Gasteiger partial charge in [0.15, 0.2) is 6.10 Å². The zero-order valence-corrected chi connectivity index (χ0v) is 43.0. The van der Waals surface area contributed by atoms with Gasteiger partial charge in [0.25, 0.3) is 0 Å². The molecule has 6 nitrogen and oxygen atoms in total. The highest BCUT2D eigenvalue weighted by Gasteiger charge is 2.19. The van der Waals surface area contributed by atoms with Crippen molar-refractivity contribution in [3.63, 3.8) is 0 Å². The average Bonchev–Trinajstić information content (AvgIpc) is 3.30. The summed E-state index contributed by atoms with van der Waals surface area (Å²) in [5.74, 6) is -1.03. The first-order chi connectivity index (χ1) is 32.0. The van der Waals surface area contributed by atoms with Crippen LogP contribution in [-0.4, -0.2) is 37.2 Å². The van der Waals surface area contributed by atoms with Crippen molar-refractivity contribution in [2.24, 2.45) is 0 Å². The van der Waals surface area contributed by atoms with E-state index in [1.807, 2.05) is 6.08 Å². The van der Waals surface area contributed by atoms with E-state index < -0.39 is 12.1 Å². The van der Waals surface area contributed by atoms with E-state index >= 15 is 0 Å². The van der Waals surface area contributed by atoms with Gasteiger partial charge in [0.1, 0.15) is 13.2 Å². The lowest BCUT2D eigenvalue weighted by Crippen LogP contribution is -2.30. The van der Waals surface area contributed by atoms with Gasteiger partial charge in [0.05, 0.1) is 6.42 Å². The fraction of sp³-hybridized carbons (Fsp3) is 0.780. The molecule has 65 heavy (non-hydrogen) atoms. The van der Waals surface area contributed by atoms with E-state index in [0.29, 0.717) is 12.8 Å². The molecule has 0 aliphatic rings. The molecule has 0 saturated heterocycles. The summed E-state index contributed by atoms with van der Waals surface area (Å²) in [6.07, 6.45) is 66.7. The van der Waals surface area contributed by atoms with Gasteiger partial charge in [-0.2, -0.15) is 0 Å². The van der Waals surface area contributed by atoms with Crippen molar-refractivity contribution in [2.45, 2.75) is 284 Å². The smallest absolute Gasteiger partial charge is 0.310 e. The van der Waals surface area contributed by atoms with Crippen molar-refractivity contribution in [3.05, 3.63) is 60.8 Å². The van der Waals surface area contributed by atoms with Gasteiger partial charge in [-0.25, -0.2) is 0 Å². The molecule has 0 fully saturated rings. The topological polar surface area (TPSA) is 78.9 Å². The van der Waals surface area contributed by atoms with E-state index in [1.165, 1.54) is 167 Å². The lowest BCUT2D eigenvalue weighted by Gasteiger charge is -2.18. The van der Waals surface area contributed by atoms with Crippen LogP contribution >= 0.6 is 0 Å². The Hall–Kier alpha value is -2.89. The van der Waals surface area contributed by atoms with Crippen molar-refractivity contribution >= 4 is 17.9 Å². The van der Waals surface area contributed by atoms with E-state index in [2.05, 4.69) is 69.4 Å². The lowest BCUT2D eigenvalue weighted by molar-refractivity contribution is -0.166. The Morgan fingerprint density at radius 3 is 0.877 bits per heavy atom. The summed E-state index contributed by atoms with van der Waals surface area (Å²) in [6.45, 7) is 6.46. The molecule has 6 heteroatoms. The van der Waals surface area contributed by atoms with Gasteiger partial charge in [0, 0.05) is 12.8 Å². The highest BCUT2D eigenvalue weighted by atomic mass is 16.6. The van der Waals surface area contributed by atoms with Gasteiger partial charge >= 0.3 is 17.9 Å². The van der Waals surface area contributed by atoms with Crippen LogP contribution in [0.25, 0.3) is 0 Å². The van der Waals surface area contributed by atoms with Gasteiger partial charge in [0.2, 0.25) is 0 Å². The third-order valence-corrected chi connectivity index (χ3v) is 12.1. The van der Waals surface area contributed by atoms with Crippen molar-refractivity contribution in [2.75, 3.05) is 13.2 Å². The Bertz CT molecular complexity index is 1180. The summed E-state index contributed by atoms with van der Waals surface area (Å²) < 4.78 is 16.7. The summed E-state index contributed by atoms with van der Waals surface area (Å²) in [7, 11) is 0. The van der Waals surface area contributed by atoms with E-state index in [0.717, 1.165) is 70.6 Å². The van der Waals surface area contributed by atoms with E-state index in [1.54, 1.807) is 6.08 Å². The number of rotatable bonds is 50. The molecule has 0 aliphatic heterocycles. The highest BCUT2D eigenvalue weighted by molar-refractivity contribution is 5.72. The maximum atomic E-state index is 12.7. The summed E-state index contributed by atoms with van der Waals surface area (Å²) in [5, 5.41) is 0. The Balaban J connectivity index is 4.36. The van der Waals surface area contributed by atoms with Gasteiger partial charge in [-0.1, -0.05) is 274 Å². The molecule has 0 bridgehead atoms. The Morgan fingerprint density at radius 1 is 0.323 bits per heavy atom. The van der Waals surface area contributed by atoms with E-state index in [9.17, 15) is 14.4 Å². The van der Waals surface area contributed by atoms with E-state index in [-0.39, 0.29) is 31.6 Å². The van der Waals surface area contributed by atoms with Crippen LogP contribution in [0, 0.1) is 0 Å². The van der Waals surface area contributed by atoms with Gasteiger partial charge in [-0.05, 0) is 44.9 Å². The van der Waals surface area contributed by atoms with Gasteiger partial charge < -0.3 is 14.2 Å². The maximum absolute atomic E-state index is 12.7. The predicted octanol–water partition coefficient (Wildman–Crippen LogP) is 18.4. The number of esters is 3. The normalized spacial score (nSPS) is 12.5. The fourth-order valence-electron chi connectivity index (χ4n) is 7.93. The molecule has 1 atom stereocenters. The molecule has 0 aromatic carbocycles. The first-order valence-corrected chi connectivity index (χ1v) is 27.8. The molecule has 0 aromatic heterocycles. The summed E-state index contributed by atoms with van der Waals surface area (Å²) in [4.78, 5) is 37.9. The molecular weight excluding hydrogens is 805 g/mol. The molecule has 1 unspecified atom stereocenters. The van der Waals surface area contributed by atoms with Crippen LogP contribution in [0.4, 0.5) is 0 Å². The molecular formula is C59H104O6. The van der Waals surface area contributed by atoms with Crippen molar-refractivity contribution in [1.29, 1.82) is 0 Å². The van der Waals surface area contributed by atoms with Gasteiger partial charge in [-0.3, -0.25) is 14.4 Å². The van der Waals surface area contributed by atoms with Crippen LogP contribution in [-0.2, 0) is 28.6 Å². The van der Waals surface area contributed by atoms with Crippen LogP contribution in [0.5, 0.6) is 0 Å². The number of unbranched alkanes of at least 4 members (excludes halogenated alkanes) is 30. The Morgan fingerprint density at radius 2 is 0.585 bits per heavy atom. The van der Waals surface area contributed by atoms with Gasteiger partial charge in [-0.15, -0.1) is 0 Å². The average molecular weight is 909 g/mol. The Kier molecular flexibility index (Phi) is 51.3. The largest absolute Gasteiger partial charge is 0.462 e. The molecule has 0 aliphatic carbocycles. The summed E-state index contributed by atoms with van der Waals surface area (Å²) >= 11 is 0. The third kappa shape index (κ3) is 51.9. The fourth-order valence-corrected chi connectivity index (χ4v) is 7.93. The van der Waals surface area contributed by atoms with E-state index in [4.69, 9.17) is 14.2 Å². The van der Waals surface area contributed by atoms with Crippen molar-refractivity contribution in [3.8, 4) is 0 Å². The molecule has 0 amide bonds. The lowest BCUT2D eigenvalue weighted by atomic mass is 10.0. The first kappa shape index (κ1) is 62.1. The molecule has 0 saturated carbocycles. The minimum absolute atomic E-state index is 0.101. The minimum Gasteiger partial charge on any atom is -0.462 e. The zero-order chi connectivity index (χ0) is 47.2. The van der Waals surface area contributed by atoms with Crippen molar-refractivity contribution in [1.82, 2.24) is 0 Å². The Labute approximate surface area is 402 Å². The molecule has 376 valence electrons. The van der Waals surface area contributed by atoms with Crippen LogP contribution < -0.4 is 0 Å². The summed E-state index contributed by atoms with van der Waals surface area (Å²) in [5.41, 5.74) is 0. The molecule has 0 N–H and O–H groups in total. The molecule has 0 heterocycles. The molecule has 0 rings (SSSR count). The first-order valence-electron chi connectivity index (χ1n) is 27.8. The number of carbonyl (C=O) groups excluding carboxylic acids is 3. The van der Waals surface area contributed by atoms with Crippen LogP contribution in [0.15, 0.2) is 60.8 Å². The number of allylic oxidation sites excluding steroid dienone is 9. The predicted molar refractivity (Wildman–Crippen MR) is 279 cm³/mol. The maximum Gasteiger partial charge on any atom is 0.310 e. The number of ether oxygens (including phenoxy) is 3. The quantitative estimate of drug-likeness (QED) is 0.0262. The minimum atomic E-state index is -0.824. The standard InChI is InChI=1S/C59H104O6/c1-4-7-10-13-16-19-22-24-26-27-28-29-30-31-33-34-37-40-43-46-49-52-58(61)64-55-56(54-63-57(60)51-48-45-42-39-36-21-18-15-12-9-6-3)65-59(62)53-50-47-44-41-38-35-32-25-23-20-17-14-11-8-5-2/h8,11,17,20,25,32,38,41,47,50,56H,4-7,9-10,12-16,18-19,21-24,26-31,33-37,39-40,42-46,48-49,51-55H2,1-3H3/b11-8-,20-17-,32-25-,41-38-,50-47-. The summed E-state index contributed by atoms with van der Waals surface area (Å²) in [6, 6.07) is 0. The second-order valence-electron chi connectivity index (χ2n) is 18.5. The second kappa shape index (κ2) is 53.7. The molecule has 0 aromatic rings. The monoisotopic (exact) mass is 909 g/mol. The number of hydrogen-bond donors (Lipinski definition) is 0. The number of carbonyl (C=O) groups is 3. The number of hydrogen-bond acceptors (Lipinski definition) is 6. The van der Waals surface area contributed by atoms with Crippen molar-refractivity contribution < 1.29 is 28.6 Å². The highest BCUT2D eigenvalue weighted by Crippen LogP contribution is 2.16. The van der Waals surface area contributed by atoms with Crippen LogP contribution in [0.1, 0.15) is 278 Å². The second-order valence-corrected chi connectivity index (χ2v) is 18.5. The molecule has 0 radical (unpaired) electrons. The van der Waals surface area contributed by atoms with Crippen LogP contribution in [0.3, 0.4) is 0 Å². The van der Waals surface area contributed by atoms with Crippen LogP contribution in [0.2, 0.25) is 0 Å².